The Morgan fingerprint density at radius 3 is 2.76 bits per heavy atom. The quantitative estimate of drug-likeness (QED) is 0.891. The second-order valence-corrected chi connectivity index (χ2v) is 4.70. The van der Waals surface area contributed by atoms with Crippen molar-refractivity contribution in [2.45, 2.75) is 39.2 Å². The van der Waals surface area contributed by atoms with Crippen LogP contribution in [-0.4, -0.2) is 14.8 Å². The molecule has 21 heavy (non-hydrogen) atoms. The van der Waals surface area contributed by atoms with Crippen molar-refractivity contribution in [2.75, 3.05) is 0 Å². The van der Waals surface area contributed by atoms with Crippen LogP contribution in [0.15, 0.2) is 30.6 Å². The minimum absolute atomic E-state index is 0.350. The Kier molecular flexibility index (Phi) is 4.95. The molecule has 0 saturated carbocycles. The maximum atomic E-state index is 12.6. The van der Waals surface area contributed by atoms with Crippen molar-refractivity contribution < 1.29 is 13.2 Å². The monoisotopic (exact) mass is 298 g/mol. The molecule has 0 bridgehead atoms. The van der Waals surface area contributed by atoms with Gasteiger partial charge in [-0.1, -0.05) is 25.1 Å². The van der Waals surface area contributed by atoms with Crippen LogP contribution in [0.5, 0.6) is 0 Å². The molecular formula is C14H17F3N4. The molecule has 1 heterocycles. The van der Waals surface area contributed by atoms with Crippen LogP contribution in [-0.2, 0) is 25.8 Å². The summed E-state index contributed by atoms with van der Waals surface area (Å²) in [5.41, 5.74) is -0.0395. The Morgan fingerprint density at radius 2 is 2.05 bits per heavy atom. The second-order valence-electron chi connectivity index (χ2n) is 4.70. The van der Waals surface area contributed by atoms with E-state index in [1.54, 1.807) is 10.7 Å². The Hall–Kier alpha value is -1.89. The molecule has 1 N–H and O–H groups in total. The maximum Gasteiger partial charge on any atom is 0.416 e. The average Bonchev–Trinajstić information content (AvgIpc) is 2.86. The zero-order valence-corrected chi connectivity index (χ0v) is 11.7. The summed E-state index contributed by atoms with van der Waals surface area (Å²) >= 11 is 0. The molecule has 7 heteroatoms. The lowest BCUT2D eigenvalue weighted by Gasteiger charge is -2.10. The van der Waals surface area contributed by atoms with E-state index in [2.05, 4.69) is 15.4 Å². The number of rotatable bonds is 6. The van der Waals surface area contributed by atoms with Gasteiger partial charge in [-0.25, -0.2) is 9.67 Å². The first-order valence-electron chi connectivity index (χ1n) is 6.74. The van der Waals surface area contributed by atoms with Crippen LogP contribution in [0.25, 0.3) is 0 Å². The first-order chi connectivity index (χ1) is 10.0. The fourth-order valence-corrected chi connectivity index (χ4v) is 2.00. The zero-order valence-electron chi connectivity index (χ0n) is 11.7. The number of nitrogens with one attached hydrogen (secondary N) is 1. The van der Waals surface area contributed by atoms with Gasteiger partial charge in [0.2, 0.25) is 0 Å². The summed E-state index contributed by atoms with van der Waals surface area (Å²) in [4.78, 5) is 4.13. The summed E-state index contributed by atoms with van der Waals surface area (Å²) in [7, 11) is 0. The Balaban J connectivity index is 1.93. The normalized spacial score (nSPS) is 11.8. The van der Waals surface area contributed by atoms with Gasteiger partial charge in [-0.2, -0.15) is 18.3 Å². The summed E-state index contributed by atoms with van der Waals surface area (Å²) in [6.07, 6.45) is -1.88. The Bertz CT molecular complexity index is 578. The first-order valence-corrected chi connectivity index (χ1v) is 6.74. The molecule has 2 rings (SSSR count). The molecule has 0 amide bonds. The molecule has 0 spiro atoms. The average molecular weight is 298 g/mol. The molecule has 0 atom stereocenters. The number of alkyl halides is 3. The van der Waals surface area contributed by atoms with Gasteiger partial charge in [0.1, 0.15) is 12.2 Å². The van der Waals surface area contributed by atoms with Crippen molar-refractivity contribution in [3.05, 3.63) is 47.5 Å². The third kappa shape index (κ3) is 4.29. The van der Waals surface area contributed by atoms with E-state index >= 15 is 0 Å². The summed E-state index contributed by atoms with van der Waals surface area (Å²) in [5, 5.41) is 7.19. The number of halogens is 3. The van der Waals surface area contributed by atoms with E-state index in [0.717, 1.165) is 30.9 Å². The molecule has 0 saturated heterocycles. The van der Waals surface area contributed by atoms with E-state index < -0.39 is 11.7 Å². The van der Waals surface area contributed by atoms with E-state index in [1.165, 1.54) is 12.4 Å². The number of hydrogen-bond acceptors (Lipinski definition) is 3. The molecule has 0 fully saturated rings. The molecule has 0 aliphatic rings. The van der Waals surface area contributed by atoms with Crippen LogP contribution < -0.4 is 5.32 Å². The van der Waals surface area contributed by atoms with E-state index in [1.807, 2.05) is 6.92 Å². The topological polar surface area (TPSA) is 42.7 Å². The van der Waals surface area contributed by atoms with Gasteiger partial charge in [-0.15, -0.1) is 0 Å². The van der Waals surface area contributed by atoms with E-state index in [4.69, 9.17) is 0 Å². The lowest BCUT2D eigenvalue weighted by molar-refractivity contribution is -0.137. The smallest absolute Gasteiger partial charge is 0.306 e. The Labute approximate surface area is 121 Å². The van der Waals surface area contributed by atoms with Crippen LogP contribution in [0.3, 0.4) is 0 Å². The van der Waals surface area contributed by atoms with Gasteiger partial charge < -0.3 is 5.32 Å². The third-order valence-electron chi connectivity index (χ3n) is 3.00. The summed E-state index contributed by atoms with van der Waals surface area (Å²) < 4.78 is 39.6. The van der Waals surface area contributed by atoms with E-state index in [-0.39, 0.29) is 0 Å². The van der Waals surface area contributed by atoms with Gasteiger partial charge >= 0.3 is 6.18 Å². The van der Waals surface area contributed by atoms with Crippen molar-refractivity contribution in [1.29, 1.82) is 0 Å². The Morgan fingerprint density at radius 1 is 1.24 bits per heavy atom. The second kappa shape index (κ2) is 6.71. The van der Waals surface area contributed by atoms with Gasteiger partial charge in [0.25, 0.3) is 0 Å². The highest BCUT2D eigenvalue weighted by Gasteiger charge is 2.30. The molecule has 1 aromatic carbocycles. The number of benzene rings is 1. The van der Waals surface area contributed by atoms with Gasteiger partial charge in [-0.05, 0) is 18.1 Å². The molecule has 0 radical (unpaired) electrons. The summed E-state index contributed by atoms with van der Waals surface area (Å²) in [5.74, 6) is 0.781. The molecule has 114 valence electrons. The summed E-state index contributed by atoms with van der Waals surface area (Å²) in [6, 6.07) is 5.31. The largest absolute Gasteiger partial charge is 0.416 e. The van der Waals surface area contributed by atoms with Crippen LogP contribution in [0.1, 0.15) is 30.3 Å². The van der Waals surface area contributed by atoms with Crippen LogP contribution >= 0.6 is 0 Å². The molecule has 0 aliphatic carbocycles. The molecule has 0 unspecified atom stereocenters. The molecule has 2 aromatic rings. The van der Waals surface area contributed by atoms with Gasteiger partial charge in [-0.3, -0.25) is 0 Å². The van der Waals surface area contributed by atoms with Crippen molar-refractivity contribution in [2.24, 2.45) is 0 Å². The SMILES string of the molecule is CCCn1ncnc1CNCc1cccc(C(F)(F)F)c1. The van der Waals surface area contributed by atoms with Crippen molar-refractivity contribution >= 4 is 0 Å². The fraction of sp³-hybridized carbons (Fsp3) is 0.429. The maximum absolute atomic E-state index is 12.6. The highest BCUT2D eigenvalue weighted by molar-refractivity contribution is 5.25. The fourth-order valence-electron chi connectivity index (χ4n) is 2.00. The minimum atomic E-state index is -4.31. The summed E-state index contributed by atoms with van der Waals surface area (Å²) in [6.45, 7) is 3.64. The van der Waals surface area contributed by atoms with Crippen molar-refractivity contribution in [1.82, 2.24) is 20.1 Å². The lowest BCUT2D eigenvalue weighted by Crippen LogP contribution is -2.17. The first kappa shape index (κ1) is 15.5. The highest BCUT2D eigenvalue weighted by atomic mass is 19.4. The third-order valence-corrected chi connectivity index (χ3v) is 3.00. The number of aryl methyl sites for hydroxylation is 1. The standard InChI is InChI=1S/C14H17F3N4/c1-2-6-21-13(19-10-20-21)9-18-8-11-4-3-5-12(7-11)14(15,16)17/h3-5,7,10,18H,2,6,8-9H2,1H3. The molecule has 0 aliphatic heterocycles. The molecular weight excluding hydrogens is 281 g/mol. The lowest BCUT2D eigenvalue weighted by atomic mass is 10.1. The van der Waals surface area contributed by atoms with Gasteiger partial charge in [0.05, 0.1) is 12.1 Å². The van der Waals surface area contributed by atoms with Crippen molar-refractivity contribution in [3.8, 4) is 0 Å². The molecule has 4 nitrogen and oxygen atoms in total. The molecule has 1 aromatic heterocycles. The highest BCUT2D eigenvalue weighted by Crippen LogP contribution is 2.29. The van der Waals surface area contributed by atoms with Gasteiger partial charge in [0, 0.05) is 13.1 Å². The van der Waals surface area contributed by atoms with Gasteiger partial charge in [0.15, 0.2) is 0 Å². The minimum Gasteiger partial charge on any atom is -0.306 e. The van der Waals surface area contributed by atoms with Crippen LogP contribution in [0, 0.1) is 0 Å². The predicted molar refractivity (Wildman–Crippen MR) is 72.3 cm³/mol. The number of hydrogen-bond donors (Lipinski definition) is 1. The van der Waals surface area contributed by atoms with E-state index in [9.17, 15) is 13.2 Å². The van der Waals surface area contributed by atoms with Crippen molar-refractivity contribution in [3.63, 3.8) is 0 Å². The van der Waals surface area contributed by atoms with Crippen LogP contribution in [0.4, 0.5) is 13.2 Å². The predicted octanol–water partition coefficient (Wildman–Crippen LogP) is 3.00. The zero-order chi connectivity index (χ0) is 15.3. The van der Waals surface area contributed by atoms with Crippen LogP contribution in [0.2, 0.25) is 0 Å². The number of aromatic nitrogens is 3. The van der Waals surface area contributed by atoms with E-state index in [0.29, 0.717) is 18.7 Å². The number of nitrogens with zero attached hydrogens (tertiary/aromatic N) is 3.